The molecule has 0 saturated carbocycles. The van der Waals surface area contributed by atoms with Gasteiger partial charge in [0.05, 0.1) is 6.61 Å². The molecule has 1 aromatic carbocycles. The summed E-state index contributed by atoms with van der Waals surface area (Å²) in [4.78, 5) is 15.7. The maximum absolute atomic E-state index is 11.7. The third kappa shape index (κ3) is 3.94. The molecule has 0 spiro atoms. The average molecular weight is 368 g/mol. The highest BCUT2D eigenvalue weighted by atomic mass is 32.2. The summed E-state index contributed by atoms with van der Waals surface area (Å²) >= 11 is 1.56. The van der Waals surface area contributed by atoms with E-state index in [0.29, 0.717) is 17.9 Å². The van der Waals surface area contributed by atoms with E-state index in [-0.39, 0.29) is 5.78 Å². The fourth-order valence-corrected chi connectivity index (χ4v) is 3.43. The summed E-state index contributed by atoms with van der Waals surface area (Å²) in [6, 6.07) is 9.35. The quantitative estimate of drug-likeness (QED) is 0.467. The van der Waals surface area contributed by atoms with Crippen molar-refractivity contribution in [2.75, 3.05) is 6.61 Å². The van der Waals surface area contributed by atoms with Crippen LogP contribution in [0.3, 0.4) is 0 Å². The number of Topliss-reactive ketones (excluding diaryl/α,β-unsaturated/α-hetero) is 1. The van der Waals surface area contributed by atoms with Gasteiger partial charge in [-0.2, -0.15) is 0 Å². The zero-order valence-electron chi connectivity index (χ0n) is 15.0. The van der Waals surface area contributed by atoms with Crippen molar-refractivity contribution in [3.8, 4) is 17.1 Å². The van der Waals surface area contributed by atoms with Gasteiger partial charge in [-0.3, -0.25) is 9.78 Å². The standard InChI is InChI=1S/C19H20N4O2S/c1-4-25-17-6-5-15(13(2)24)11-16(17)12-26-19-22-21-18(23(19)3)14-7-9-20-10-8-14/h5-11H,4,12H2,1-3H3. The summed E-state index contributed by atoms with van der Waals surface area (Å²) in [6.07, 6.45) is 3.47. The Morgan fingerprint density at radius 2 is 1.96 bits per heavy atom. The zero-order valence-corrected chi connectivity index (χ0v) is 15.8. The predicted octanol–water partition coefficient (Wildman–Crippen LogP) is 3.77. The number of ether oxygens (including phenoxy) is 1. The molecule has 0 bridgehead atoms. The van der Waals surface area contributed by atoms with Crippen LogP contribution >= 0.6 is 11.8 Å². The molecule has 0 fully saturated rings. The van der Waals surface area contributed by atoms with Gasteiger partial charge in [0.2, 0.25) is 0 Å². The van der Waals surface area contributed by atoms with E-state index >= 15 is 0 Å². The number of carbonyl (C=O) groups excluding carboxylic acids is 1. The Bertz CT molecular complexity index is 909. The minimum absolute atomic E-state index is 0.0398. The Hall–Kier alpha value is -2.67. The van der Waals surface area contributed by atoms with Crippen LogP contribution < -0.4 is 4.74 Å². The summed E-state index contributed by atoms with van der Waals surface area (Å²) in [7, 11) is 1.94. The molecule has 2 aromatic heterocycles. The van der Waals surface area contributed by atoms with Crippen LogP contribution in [-0.4, -0.2) is 32.1 Å². The zero-order chi connectivity index (χ0) is 18.5. The van der Waals surface area contributed by atoms with Gasteiger partial charge in [0.1, 0.15) is 5.75 Å². The van der Waals surface area contributed by atoms with Gasteiger partial charge >= 0.3 is 0 Å². The molecule has 0 saturated heterocycles. The van der Waals surface area contributed by atoms with Crippen LogP contribution in [0.25, 0.3) is 11.4 Å². The Morgan fingerprint density at radius 1 is 1.19 bits per heavy atom. The molecule has 26 heavy (non-hydrogen) atoms. The second-order valence-corrected chi connectivity index (χ2v) is 6.64. The molecular weight excluding hydrogens is 348 g/mol. The highest BCUT2D eigenvalue weighted by Crippen LogP contribution is 2.29. The molecule has 2 heterocycles. The first-order chi connectivity index (χ1) is 12.6. The van der Waals surface area contributed by atoms with E-state index in [9.17, 15) is 4.79 Å². The number of ketones is 1. The van der Waals surface area contributed by atoms with Crippen molar-refractivity contribution in [1.82, 2.24) is 19.7 Å². The monoisotopic (exact) mass is 368 g/mol. The van der Waals surface area contributed by atoms with E-state index in [1.807, 2.05) is 42.8 Å². The molecule has 7 heteroatoms. The highest BCUT2D eigenvalue weighted by molar-refractivity contribution is 7.98. The average Bonchev–Trinajstić information content (AvgIpc) is 3.02. The fourth-order valence-electron chi connectivity index (χ4n) is 2.54. The molecule has 3 aromatic rings. The molecule has 0 aliphatic rings. The number of rotatable bonds is 7. The Kier molecular flexibility index (Phi) is 5.68. The van der Waals surface area contributed by atoms with Crippen molar-refractivity contribution in [2.45, 2.75) is 24.8 Å². The Balaban J connectivity index is 1.82. The highest BCUT2D eigenvalue weighted by Gasteiger charge is 2.13. The number of hydrogen-bond donors (Lipinski definition) is 0. The smallest absolute Gasteiger partial charge is 0.191 e. The van der Waals surface area contributed by atoms with E-state index < -0.39 is 0 Å². The van der Waals surface area contributed by atoms with Gasteiger partial charge < -0.3 is 9.30 Å². The van der Waals surface area contributed by atoms with Crippen molar-refractivity contribution in [2.24, 2.45) is 7.05 Å². The second kappa shape index (κ2) is 8.14. The minimum atomic E-state index is 0.0398. The fraction of sp³-hybridized carbons (Fsp3) is 0.263. The van der Waals surface area contributed by atoms with Crippen molar-refractivity contribution in [3.05, 3.63) is 53.9 Å². The third-order valence-electron chi connectivity index (χ3n) is 3.90. The van der Waals surface area contributed by atoms with Crippen LogP contribution in [0.4, 0.5) is 0 Å². The van der Waals surface area contributed by atoms with Crippen molar-refractivity contribution < 1.29 is 9.53 Å². The predicted molar refractivity (Wildman–Crippen MR) is 101 cm³/mol. The molecule has 0 unspecified atom stereocenters. The number of aromatic nitrogens is 4. The van der Waals surface area contributed by atoms with Gasteiger partial charge in [-0.15, -0.1) is 10.2 Å². The van der Waals surface area contributed by atoms with E-state index in [2.05, 4.69) is 15.2 Å². The summed E-state index contributed by atoms with van der Waals surface area (Å²) in [5.74, 6) is 2.26. The number of hydrogen-bond acceptors (Lipinski definition) is 6. The second-order valence-electron chi connectivity index (χ2n) is 5.70. The van der Waals surface area contributed by atoms with Crippen molar-refractivity contribution in [3.63, 3.8) is 0 Å². The van der Waals surface area contributed by atoms with E-state index in [1.54, 1.807) is 37.1 Å². The first-order valence-electron chi connectivity index (χ1n) is 8.29. The number of thioether (sulfide) groups is 1. The van der Waals surface area contributed by atoms with Gasteiger partial charge in [-0.1, -0.05) is 11.8 Å². The molecule has 134 valence electrons. The Labute approximate surface area is 156 Å². The number of nitrogens with zero attached hydrogens (tertiary/aromatic N) is 4. The van der Waals surface area contributed by atoms with Crippen LogP contribution in [0.15, 0.2) is 47.9 Å². The topological polar surface area (TPSA) is 69.9 Å². The van der Waals surface area contributed by atoms with Crippen molar-refractivity contribution >= 4 is 17.5 Å². The van der Waals surface area contributed by atoms with Crippen LogP contribution in [0.2, 0.25) is 0 Å². The summed E-state index contributed by atoms with van der Waals surface area (Å²) in [5.41, 5.74) is 2.62. The molecule has 6 nitrogen and oxygen atoms in total. The normalized spacial score (nSPS) is 10.7. The van der Waals surface area contributed by atoms with Crippen molar-refractivity contribution in [1.29, 1.82) is 0 Å². The van der Waals surface area contributed by atoms with Gasteiger partial charge in [0, 0.05) is 41.9 Å². The molecule has 0 atom stereocenters. The van der Waals surface area contributed by atoms with Crippen LogP contribution in [0.5, 0.6) is 5.75 Å². The van der Waals surface area contributed by atoms with Crippen LogP contribution in [0, 0.1) is 0 Å². The molecule has 0 radical (unpaired) electrons. The van der Waals surface area contributed by atoms with Crippen LogP contribution in [-0.2, 0) is 12.8 Å². The third-order valence-corrected chi connectivity index (χ3v) is 4.97. The molecule has 0 aliphatic heterocycles. The van der Waals surface area contributed by atoms with E-state index in [1.165, 1.54) is 0 Å². The lowest BCUT2D eigenvalue weighted by molar-refractivity contribution is 0.101. The van der Waals surface area contributed by atoms with Gasteiger partial charge in [0.15, 0.2) is 16.8 Å². The Morgan fingerprint density at radius 3 is 2.65 bits per heavy atom. The van der Waals surface area contributed by atoms with E-state index in [0.717, 1.165) is 27.9 Å². The summed E-state index contributed by atoms with van der Waals surface area (Å²) in [6.45, 7) is 4.09. The summed E-state index contributed by atoms with van der Waals surface area (Å²) < 4.78 is 7.64. The lowest BCUT2D eigenvalue weighted by Crippen LogP contribution is -2.00. The maximum atomic E-state index is 11.7. The largest absolute Gasteiger partial charge is 0.494 e. The number of benzene rings is 1. The van der Waals surface area contributed by atoms with Gasteiger partial charge in [-0.25, -0.2) is 0 Å². The number of pyridine rings is 1. The molecule has 0 amide bonds. The molecule has 3 rings (SSSR count). The van der Waals surface area contributed by atoms with E-state index in [4.69, 9.17) is 4.74 Å². The summed E-state index contributed by atoms with van der Waals surface area (Å²) in [5, 5.41) is 9.37. The lowest BCUT2D eigenvalue weighted by Gasteiger charge is -2.11. The maximum Gasteiger partial charge on any atom is 0.191 e. The minimum Gasteiger partial charge on any atom is -0.494 e. The number of carbonyl (C=O) groups is 1. The SMILES string of the molecule is CCOc1ccc(C(C)=O)cc1CSc1nnc(-c2ccncc2)n1C. The first kappa shape index (κ1) is 18.1. The molecule has 0 aliphatic carbocycles. The van der Waals surface area contributed by atoms with Gasteiger partial charge in [0.25, 0.3) is 0 Å². The van der Waals surface area contributed by atoms with Gasteiger partial charge in [-0.05, 0) is 44.2 Å². The first-order valence-corrected chi connectivity index (χ1v) is 9.28. The lowest BCUT2D eigenvalue weighted by atomic mass is 10.1. The van der Waals surface area contributed by atoms with Crippen LogP contribution in [0.1, 0.15) is 29.8 Å². The molecular formula is C19H20N4O2S. The molecule has 0 N–H and O–H groups in total.